The van der Waals surface area contributed by atoms with Crippen molar-refractivity contribution in [1.29, 1.82) is 0 Å². The van der Waals surface area contributed by atoms with Crippen LogP contribution in [0.15, 0.2) is 52.1 Å². The largest absolute Gasteiger partial charge is 0.325 e. The Balaban J connectivity index is 1.96. The highest BCUT2D eigenvalue weighted by Gasteiger charge is 2.15. The molecular weight excluding hydrogens is 360 g/mol. The SMILES string of the molecule is CC(Sc1ccc(Cl)cn1)C(=O)Nc1cccc(Br)c1. The predicted octanol–water partition coefficient (Wildman–Crippen LogP) is 4.62. The Morgan fingerprint density at radius 2 is 2.20 bits per heavy atom. The van der Waals surface area contributed by atoms with Gasteiger partial charge in [0.1, 0.15) is 0 Å². The van der Waals surface area contributed by atoms with E-state index in [0.717, 1.165) is 15.2 Å². The van der Waals surface area contributed by atoms with E-state index >= 15 is 0 Å². The highest BCUT2D eigenvalue weighted by atomic mass is 79.9. The molecule has 1 unspecified atom stereocenters. The Labute approximate surface area is 135 Å². The third kappa shape index (κ3) is 4.51. The second-order valence-electron chi connectivity index (χ2n) is 4.07. The zero-order valence-corrected chi connectivity index (χ0v) is 13.8. The van der Waals surface area contributed by atoms with Crippen molar-refractivity contribution < 1.29 is 4.79 Å². The third-order valence-electron chi connectivity index (χ3n) is 2.46. The molecule has 0 aliphatic rings. The van der Waals surface area contributed by atoms with Gasteiger partial charge in [0, 0.05) is 16.4 Å². The highest BCUT2D eigenvalue weighted by molar-refractivity contribution is 9.10. The van der Waals surface area contributed by atoms with E-state index < -0.39 is 0 Å². The van der Waals surface area contributed by atoms with Gasteiger partial charge < -0.3 is 5.32 Å². The van der Waals surface area contributed by atoms with E-state index in [-0.39, 0.29) is 11.2 Å². The summed E-state index contributed by atoms with van der Waals surface area (Å²) in [6.07, 6.45) is 1.57. The molecule has 1 heterocycles. The lowest BCUT2D eigenvalue weighted by Gasteiger charge is -2.11. The fraction of sp³-hybridized carbons (Fsp3) is 0.143. The summed E-state index contributed by atoms with van der Waals surface area (Å²) in [6, 6.07) is 11.0. The molecule has 1 amide bonds. The van der Waals surface area contributed by atoms with E-state index in [2.05, 4.69) is 26.2 Å². The number of rotatable bonds is 4. The second-order valence-corrected chi connectivity index (χ2v) is 6.79. The van der Waals surface area contributed by atoms with Crippen LogP contribution in [0, 0.1) is 0 Å². The Bertz CT molecular complexity index is 606. The Kier molecular flexibility index (Phi) is 5.46. The van der Waals surface area contributed by atoms with E-state index in [1.807, 2.05) is 31.2 Å². The first kappa shape index (κ1) is 15.4. The molecule has 6 heteroatoms. The maximum atomic E-state index is 12.1. The van der Waals surface area contributed by atoms with Gasteiger partial charge in [0.2, 0.25) is 5.91 Å². The average Bonchev–Trinajstić information content (AvgIpc) is 2.41. The molecule has 0 fully saturated rings. The van der Waals surface area contributed by atoms with Crippen molar-refractivity contribution >= 4 is 50.9 Å². The van der Waals surface area contributed by atoms with Gasteiger partial charge in [-0.2, -0.15) is 0 Å². The minimum absolute atomic E-state index is 0.0650. The number of pyridine rings is 1. The molecule has 1 aromatic heterocycles. The summed E-state index contributed by atoms with van der Waals surface area (Å²) in [4.78, 5) is 16.3. The minimum Gasteiger partial charge on any atom is -0.325 e. The van der Waals surface area contributed by atoms with Gasteiger partial charge in [-0.05, 0) is 37.3 Å². The fourth-order valence-electron chi connectivity index (χ4n) is 1.48. The maximum absolute atomic E-state index is 12.1. The lowest BCUT2D eigenvalue weighted by atomic mass is 10.3. The molecule has 0 saturated carbocycles. The van der Waals surface area contributed by atoms with Crippen molar-refractivity contribution in [1.82, 2.24) is 4.98 Å². The van der Waals surface area contributed by atoms with Gasteiger partial charge in [-0.15, -0.1) is 0 Å². The predicted molar refractivity (Wildman–Crippen MR) is 87.3 cm³/mol. The number of halogens is 2. The van der Waals surface area contributed by atoms with Crippen LogP contribution < -0.4 is 5.32 Å². The van der Waals surface area contributed by atoms with Crippen molar-refractivity contribution in [3.05, 3.63) is 52.1 Å². The van der Waals surface area contributed by atoms with Crippen LogP contribution in [0.25, 0.3) is 0 Å². The van der Waals surface area contributed by atoms with Crippen LogP contribution in [0.1, 0.15) is 6.92 Å². The van der Waals surface area contributed by atoms with E-state index in [9.17, 15) is 4.79 Å². The van der Waals surface area contributed by atoms with Gasteiger partial charge in [0.15, 0.2) is 0 Å². The highest BCUT2D eigenvalue weighted by Crippen LogP contribution is 2.23. The number of amides is 1. The first-order valence-electron chi connectivity index (χ1n) is 5.89. The van der Waals surface area contributed by atoms with Crippen LogP contribution in [0.4, 0.5) is 5.69 Å². The first-order valence-corrected chi connectivity index (χ1v) is 7.94. The molecule has 0 saturated heterocycles. The third-order valence-corrected chi connectivity index (χ3v) is 4.23. The number of benzene rings is 1. The van der Waals surface area contributed by atoms with Gasteiger partial charge in [0.05, 0.1) is 15.3 Å². The monoisotopic (exact) mass is 370 g/mol. The molecule has 2 rings (SSSR count). The molecule has 0 bridgehead atoms. The number of hydrogen-bond acceptors (Lipinski definition) is 3. The standard InChI is InChI=1S/C14H12BrClN2OS/c1-9(20-13-6-5-11(16)8-17-13)14(19)18-12-4-2-3-10(15)7-12/h2-9H,1H3,(H,18,19). The van der Waals surface area contributed by atoms with Crippen LogP contribution in [-0.4, -0.2) is 16.1 Å². The van der Waals surface area contributed by atoms with Gasteiger partial charge in [0.25, 0.3) is 0 Å². The smallest absolute Gasteiger partial charge is 0.237 e. The van der Waals surface area contributed by atoms with Crippen LogP contribution in [0.5, 0.6) is 0 Å². The van der Waals surface area contributed by atoms with Crippen LogP contribution in [0.3, 0.4) is 0 Å². The molecule has 1 atom stereocenters. The molecule has 104 valence electrons. The van der Waals surface area contributed by atoms with Crippen molar-refractivity contribution in [3.8, 4) is 0 Å². The van der Waals surface area contributed by atoms with Crippen molar-refractivity contribution in [2.45, 2.75) is 17.2 Å². The fourth-order valence-corrected chi connectivity index (χ4v) is 2.78. The molecule has 0 radical (unpaired) electrons. The second kappa shape index (κ2) is 7.11. The number of hydrogen-bond donors (Lipinski definition) is 1. The summed E-state index contributed by atoms with van der Waals surface area (Å²) >= 11 is 10.5. The van der Waals surface area contributed by atoms with Gasteiger partial charge in [-0.25, -0.2) is 4.98 Å². The molecule has 0 aliphatic heterocycles. The van der Waals surface area contributed by atoms with E-state index in [1.165, 1.54) is 11.8 Å². The Morgan fingerprint density at radius 1 is 1.40 bits per heavy atom. The van der Waals surface area contributed by atoms with Crippen LogP contribution >= 0.6 is 39.3 Å². The number of nitrogens with zero attached hydrogens (tertiary/aromatic N) is 1. The molecule has 0 spiro atoms. The molecule has 20 heavy (non-hydrogen) atoms. The van der Waals surface area contributed by atoms with Crippen molar-refractivity contribution in [2.75, 3.05) is 5.32 Å². The quantitative estimate of drug-likeness (QED) is 0.798. The van der Waals surface area contributed by atoms with Crippen LogP contribution in [-0.2, 0) is 4.79 Å². The Hall–Kier alpha value is -1.04. The topological polar surface area (TPSA) is 42.0 Å². The van der Waals surface area contributed by atoms with Gasteiger partial charge >= 0.3 is 0 Å². The van der Waals surface area contributed by atoms with E-state index in [4.69, 9.17) is 11.6 Å². The molecule has 2 aromatic rings. The van der Waals surface area contributed by atoms with Gasteiger partial charge in [-0.1, -0.05) is 45.4 Å². The number of carbonyl (C=O) groups excluding carboxylic acids is 1. The van der Waals surface area contributed by atoms with E-state index in [0.29, 0.717) is 5.02 Å². The molecule has 0 aliphatic carbocycles. The number of carbonyl (C=O) groups is 1. The first-order chi connectivity index (χ1) is 9.54. The molecule has 1 aromatic carbocycles. The number of aromatic nitrogens is 1. The number of anilines is 1. The summed E-state index contributed by atoms with van der Waals surface area (Å²) in [6.45, 7) is 1.84. The average molecular weight is 372 g/mol. The zero-order valence-electron chi connectivity index (χ0n) is 10.6. The number of thioether (sulfide) groups is 1. The van der Waals surface area contributed by atoms with Crippen LogP contribution in [0.2, 0.25) is 5.02 Å². The minimum atomic E-state index is -0.248. The maximum Gasteiger partial charge on any atom is 0.237 e. The normalized spacial score (nSPS) is 11.9. The molecular formula is C14H12BrClN2OS. The van der Waals surface area contributed by atoms with E-state index in [1.54, 1.807) is 18.3 Å². The van der Waals surface area contributed by atoms with Crippen molar-refractivity contribution in [2.24, 2.45) is 0 Å². The molecule has 3 nitrogen and oxygen atoms in total. The Morgan fingerprint density at radius 3 is 2.85 bits per heavy atom. The summed E-state index contributed by atoms with van der Waals surface area (Å²) in [7, 11) is 0. The summed E-state index contributed by atoms with van der Waals surface area (Å²) in [5.74, 6) is -0.0650. The summed E-state index contributed by atoms with van der Waals surface area (Å²) in [5.41, 5.74) is 0.765. The summed E-state index contributed by atoms with van der Waals surface area (Å²) in [5, 5.41) is 3.98. The lowest BCUT2D eigenvalue weighted by molar-refractivity contribution is -0.115. The zero-order chi connectivity index (χ0) is 14.5. The van der Waals surface area contributed by atoms with Gasteiger partial charge in [-0.3, -0.25) is 4.79 Å². The lowest BCUT2D eigenvalue weighted by Crippen LogP contribution is -2.22. The summed E-state index contributed by atoms with van der Waals surface area (Å²) < 4.78 is 0.926. The number of nitrogens with one attached hydrogen (secondary N) is 1. The van der Waals surface area contributed by atoms with Crippen molar-refractivity contribution in [3.63, 3.8) is 0 Å². The molecule has 1 N–H and O–H groups in total.